The summed E-state index contributed by atoms with van der Waals surface area (Å²) in [7, 11) is 0. The molecule has 2 aliphatic rings. The van der Waals surface area contributed by atoms with Gasteiger partial charge < -0.3 is 10.1 Å². The summed E-state index contributed by atoms with van der Waals surface area (Å²) in [6.07, 6.45) is 6.04. The summed E-state index contributed by atoms with van der Waals surface area (Å²) in [4.78, 5) is 30.7. The predicted octanol–water partition coefficient (Wildman–Crippen LogP) is 6.26. The Morgan fingerprint density at radius 1 is 1.05 bits per heavy atom. The molecule has 6 heteroatoms. The van der Waals surface area contributed by atoms with Crippen LogP contribution in [0.4, 0.5) is 4.79 Å². The lowest BCUT2D eigenvalue weighted by molar-refractivity contribution is -0.113. The third-order valence-corrected chi connectivity index (χ3v) is 6.85. The maximum atomic E-state index is 13.5. The second kappa shape index (κ2) is 11.6. The predicted molar refractivity (Wildman–Crippen MR) is 145 cm³/mol. The average Bonchev–Trinajstić information content (AvgIpc) is 3.02. The third kappa shape index (κ3) is 7.39. The zero-order valence-electron chi connectivity index (χ0n) is 21.9. The second-order valence-corrected chi connectivity index (χ2v) is 11.0. The number of carbonyl (C=O) groups is 2. The molecule has 6 nitrogen and oxygen atoms in total. The smallest absolute Gasteiger partial charge is 0.407 e. The van der Waals surface area contributed by atoms with Crippen molar-refractivity contribution < 1.29 is 14.3 Å². The minimum Gasteiger partial charge on any atom is -0.444 e. The molecule has 1 N–H and O–H groups in total. The number of nitrogens with one attached hydrogen (secondary N) is 1. The van der Waals surface area contributed by atoms with Gasteiger partial charge in [0.25, 0.3) is 0 Å². The van der Waals surface area contributed by atoms with E-state index in [1.54, 1.807) is 12.1 Å². The Kier molecular flexibility index (Phi) is 8.23. The van der Waals surface area contributed by atoms with Crippen molar-refractivity contribution >= 4 is 23.3 Å². The number of hydrogen-bond donors (Lipinski definition) is 1. The number of nitrogens with zero attached hydrogens (tertiary/aromatic N) is 2. The van der Waals surface area contributed by atoms with E-state index in [1.807, 2.05) is 51.1 Å². The van der Waals surface area contributed by atoms with E-state index < -0.39 is 11.7 Å². The molecule has 1 aliphatic heterocycles. The topological polar surface area (TPSA) is 91.5 Å². The largest absolute Gasteiger partial charge is 0.444 e. The molecule has 192 valence electrons. The van der Waals surface area contributed by atoms with Gasteiger partial charge in [-0.2, -0.15) is 5.26 Å². The number of Topliss-reactive ketones (excluding diaryl/α,β-unsaturated/α-hetero) is 1. The minimum absolute atomic E-state index is 0.0342. The number of ether oxygens (including phenoxy) is 1. The SMILES string of the molecule is CC(C)(C)OC(=O)NC1CCC(C2=NC(c3ccc(C#N)cc3)=CC(Cc3ccccc3)CC2=O)CC1. The van der Waals surface area contributed by atoms with Crippen LogP contribution in [0.25, 0.3) is 5.70 Å². The van der Waals surface area contributed by atoms with Crippen molar-refractivity contribution in [2.75, 3.05) is 0 Å². The molecular formula is C31H35N3O3. The molecule has 4 rings (SSSR count). The van der Waals surface area contributed by atoms with Gasteiger partial charge in [-0.3, -0.25) is 4.79 Å². The van der Waals surface area contributed by atoms with Gasteiger partial charge in [0.05, 0.1) is 23.0 Å². The molecule has 0 bridgehead atoms. The zero-order valence-corrected chi connectivity index (χ0v) is 21.9. The highest BCUT2D eigenvalue weighted by atomic mass is 16.6. The fourth-order valence-electron chi connectivity index (χ4n) is 5.08. The third-order valence-electron chi connectivity index (χ3n) is 6.85. The standard InChI is InChI=1S/C31H35N3O3/c1-31(2,3)37-30(36)33-26-15-13-25(14-16-26)29-28(35)19-23(17-21-7-5-4-6-8-21)18-27(34-29)24-11-9-22(20-32)10-12-24/h4-12,18,23,25-26H,13-17,19H2,1-3H3,(H,33,36). The lowest BCUT2D eigenvalue weighted by atomic mass is 9.80. The number of benzene rings is 2. The van der Waals surface area contributed by atoms with Crippen molar-refractivity contribution in [3.8, 4) is 6.07 Å². The molecule has 1 atom stereocenters. The van der Waals surface area contributed by atoms with Crippen LogP contribution in [0.15, 0.2) is 65.7 Å². The Labute approximate surface area is 219 Å². The van der Waals surface area contributed by atoms with Crippen LogP contribution in [0.5, 0.6) is 0 Å². The van der Waals surface area contributed by atoms with Gasteiger partial charge in [0.15, 0.2) is 5.78 Å². The van der Waals surface area contributed by atoms with Crippen LogP contribution in [0.1, 0.15) is 69.6 Å². The number of allylic oxidation sites excluding steroid dienone is 1. The molecule has 0 spiro atoms. The maximum absolute atomic E-state index is 13.5. The van der Waals surface area contributed by atoms with Crippen molar-refractivity contribution in [2.24, 2.45) is 16.8 Å². The number of alkyl carbamates (subject to hydrolysis) is 1. The molecule has 1 heterocycles. The van der Waals surface area contributed by atoms with Gasteiger partial charge in [0, 0.05) is 18.4 Å². The highest BCUT2D eigenvalue weighted by Gasteiger charge is 2.32. The molecule has 1 fully saturated rings. The molecule has 0 radical (unpaired) electrons. The van der Waals surface area contributed by atoms with Crippen molar-refractivity contribution in [2.45, 2.75) is 70.9 Å². The van der Waals surface area contributed by atoms with Crippen molar-refractivity contribution in [1.82, 2.24) is 5.32 Å². The molecule has 1 saturated carbocycles. The van der Waals surface area contributed by atoms with E-state index in [9.17, 15) is 14.9 Å². The van der Waals surface area contributed by atoms with E-state index in [0.717, 1.165) is 43.4 Å². The summed E-state index contributed by atoms with van der Waals surface area (Å²) in [5.41, 5.74) is 3.59. The molecular weight excluding hydrogens is 462 g/mol. The number of ketones is 1. The number of aliphatic imine (C=N–C) groups is 1. The molecule has 1 aliphatic carbocycles. The van der Waals surface area contributed by atoms with Crippen LogP contribution < -0.4 is 5.32 Å². The molecule has 37 heavy (non-hydrogen) atoms. The number of hydrogen-bond acceptors (Lipinski definition) is 5. The summed E-state index contributed by atoms with van der Waals surface area (Å²) >= 11 is 0. The van der Waals surface area contributed by atoms with E-state index in [4.69, 9.17) is 9.73 Å². The summed E-state index contributed by atoms with van der Waals surface area (Å²) in [6, 6.07) is 19.8. The molecule has 1 amide bonds. The monoisotopic (exact) mass is 497 g/mol. The van der Waals surface area contributed by atoms with Crippen LogP contribution in [0.3, 0.4) is 0 Å². The fourth-order valence-corrected chi connectivity index (χ4v) is 5.08. The molecule has 0 aromatic heterocycles. The van der Waals surface area contributed by atoms with E-state index in [0.29, 0.717) is 17.7 Å². The number of rotatable bonds is 5. The highest BCUT2D eigenvalue weighted by molar-refractivity contribution is 6.41. The fraction of sp³-hybridized carbons (Fsp3) is 0.419. The van der Waals surface area contributed by atoms with Gasteiger partial charge in [-0.15, -0.1) is 0 Å². The Hall–Kier alpha value is -3.72. The molecule has 1 unspecified atom stereocenters. The van der Waals surface area contributed by atoms with Crippen molar-refractivity contribution in [1.29, 1.82) is 5.26 Å². The van der Waals surface area contributed by atoms with E-state index in [-0.39, 0.29) is 23.7 Å². The lowest BCUT2D eigenvalue weighted by Crippen LogP contribution is -2.42. The van der Waals surface area contributed by atoms with Crippen LogP contribution >= 0.6 is 0 Å². The first-order valence-electron chi connectivity index (χ1n) is 13.1. The van der Waals surface area contributed by atoms with Gasteiger partial charge in [-0.25, -0.2) is 9.79 Å². The summed E-state index contributed by atoms with van der Waals surface area (Å²) in [5.74, 6) is 0.192. The number of nitriles is 1. The Morgan fingerprint density at radius 2 is 1.73 bits per heavy atom. The summed E-state index contributed by atoms with van der Waals surface area (Å²) in [6.45, 7) is 5.55. The van der Waals surface area contributed by atoms with E-state index >= 15 is 0 Å². The van der Waals surface area contributed by atoms with Crippen LogP contribution in [-0.2, 0) is 16.0 Å². The van der Waals surface area contributed by atoms with Crippen LogP contribution in [0.2, 0.25) is 0 Å². The molecule has 2 aromatic rings. The summed E-state index contributed by atoms with van der Waals surface area (Å²) in [5, 5.41) is 12.2. The first kappa shape index (κ1) is 26.3. The maximum Gasteiger partial charge on any atom is 0.407 e. The van der Waals surface area contributed by atoms with Gasteiger partial charge in [-0.05, 0) is 82.1 Å². The van der Waals surface area contributed by atoms with Gasteiger partial charge >= 0.3 is 6.09 Å². The summed E-state index contributed by atoms with van der Waals surface area (Å²) < 4.78 is 5.40. The van der Waals surface area contributed by atoms with Crippen molar-refractivity contribution in [3.05, 3.63) is 77.4 Å². The Balaban J connectivity index is 1.52. The van der Waals surface area contributed by atoms with E-state index in [1.165, 1.54) is 5.56 Å². The number of amides is 1. The van der Waals surface area contributed by atoms with Crippen molar-refractivity contribution in [3.63, 3.8) is 0 Å². The van der Waals surface area contributed by atoms with Gasteiger partial charge in [-0.1, -0.05) is 48.5 Å². The quantitative estimate of drug-likeness (QED) is 0.528. The number of carbonyl (C=O) groups excluding carboxylic acids is 2. The first-order chi connectivity index (χ1) is 17.7. The molecule has 0 saturated heterocycles. The minimum atomic E-state index is -0.534. The molecule has 2 aromatic carbocycles. The first-order valence-corrected chi connectivity index (χ1v) is 13.1. The highest BCUT2D eigenvalue weighted by Crippen LogP contribution is 2.32. The normalized spacial score (nSPS) is 22.2. The van der Waals surface area contributed by atoms with Gasteiger partial charge in [0.1, 0.15) is 5.60 Å². The van der Waals surface area contributed by atoms with Crippen LogP contribution in [-0.4, -0.2) is 29.2 Å². The van der Waals surface area contributed by atoms with E-state index in [2.05, 4.69) is 29.6 Å². The van der Waals surface area contributed by atoms with Crippen LogP contribution in [0, 0.1) is 23.2 Å². The Bertz CT molecular complexity index is 1210. The second-order valence-electron chi connectivity index (χ2n) is 11.0. The average molecular weight is 498 g/mol. The lowest BCUT2D eigenvalue weighted by Gasteiger charge is -2.30. The Morgan fingerprint density at radius 3 is 2.35 bits per heavy atom. The zero-order chi connectivity index (χ0) is 26.4. The van der Waals surface area contributed by atoms with Gasteiger partial charge in [0.2, 0.25) is 0 Å².